The molecule has 0 saturated heterocycles. The highest BCUT2D eigenvalue weighted by Gasteiger charge is 2.14. The van der Waals surface area contributed by atoms with E-state index in [4.69, 9.17) is 0 Å². The van der Waals surface area contributed by atoms with Gasteiger partial charge in [0.2, 0.25) is 0 Å². The normalized spacial score (nSPS) is 10.8. The molecular formula is C18H27NO3Si. The average molecular weight is 334 g/mol. The number of aromatic amines is 1. The van der Waals surface area contributed by atoms with E-state index < -0.39 is 8.07 Å². The predicted octanol–water partition coefficient (Wildman–Crippen LogP) is 3.64. The number of aldehydes is 1. The first-order valence-corrected chi connectivity index (χ1v) is 11.5. The van der Waals surface area contributed by atoms with Crippen LogP contribution < -0.4 is 0 Å². The number of rotatable bonds is 7. The zero-order valence-corrected chi connectivity index (χ0v) is 15.8. The second-order valence-corrected chi connectivity index (χ2v) is 11.5. The van der Waals surface area contributed by atoms with Crippen molar-refractivity contribution in [3.05, 3.63) is 22.5 Å². The van der Waals surface area contributed by atoms with Crippen LogP contribution >= 0.6 is 0 Å². The van der Waals surface area contributed by atoms with Gasteiger partial charge in [0.15, 0.2) is 6.29 Å². The molecule has 0 aromatic carbocycles. The van der Waals surface area contributed by atoms with Gasteiger partial charge >= 0.3 is 5.97 Å². The van der Waals surface area contributed by atoms with Gasteiger partial charge in [0, 0.05) is 6.42 Å². The molecule has 0 unspecified atom stereocenters. The molecule has 1 heterocycles. The van der Waals surface area contributed by atoms with Crippen LogP contribution in [0.5, 0.6) is 0 Å². The summed E-state index contributed by atoms with van der Waals surface area (Å²) < 4.78 is 4.64. The van der Waals surface area contributed by atoms with Crippen molar-refractivity contribution >= 4 is 20.3 Å². The molecule has 4 nitrogen and oxygen atoms in total. The van der Waals surface area contributed by atoms with Gasteiger partial charge in [-0.3, -0.25) is 9.59 Å². The van der Waals surface area contributed by atoms with Crippen LogP contribution in [0, 0.1) is 18.4 Å². The van der Waals surface area contributed by atoms with Crippen LogP contribution in [0.1, 0.15) is 53.0 Å². The minimum Gasteiger partial charge on any atom is -0.469 e. The molecule has 1 aromatic heterocycles. The Balaban J connectivity index is 2.76. The number of hydrogen-bond acceptors (Lipinski definition) is 3. The number of H-pyrrole nitrogens is 1. The van der Waals surface area contributed by atoms with E-state index in [1.54, 1.807) is 0 Å². The lowest BCUT2D eigenvalue weighted by atomic mass is 10.0. The van der Waals surface area contributed by atoms with Gasteiger partial charge in [0.1, 0.15) is 8.07 Å². The first kappa shape index (κ1) is 19.2. The van der Waals surface area contributed by atoms with E-state index >= 15 is 0 Å². The van der Waals surface area contributed by atoms with E-state index in [2.05, 4.69) is 40.8 Å². The standard InChI is InChI=1S/C18H27NO3Si/c1-14-15(9-7-6-8-10-18(21)22-2)16(19-17(14)13-20)11-12-23(3,4)5/h13,19H,6-10H2,1-5H3. The van der Waals surface area contributed by atoms with Crippen molar-refractivity contribution in [3.63, 3.8) is 0 Å². The molecular weight excluding hydrogens is 306 g/mol. The van der Waals surface area contributed by atoms with Crippen molar-refractivity contribution in [3.8, 4) is 11.5 Å². The minimum atomic E-state index is -1.46. The first-order chi connectivity index (χ1) is 10.8. The molecule has 0 aliphatic rings. The molecule has 1 rings (SSSR count). The van der Waals surface area contributed by atoms with Crippen LogP contribution in [0.15, 0.2) is 0 Å². The van der Waals surface area contributed by atoms with Gasteiger partial charge in [-0.05, 0) is 37.3 Å². The monoisotopic (exact) mass is 333 g/mol. The Morgan fingerprint density at radius 2 is 1.96 bits per heavy atom. The van der Waals surface area contributed by atoms with Crippen molar-refractivity contribution in [2.45, 2.75) is 58.7 Å². The molecule has 0 saturated carbocycles. The number of esters is 1. The zero-order chi connectivity index (χ0) is 17.5. The van der Waals surface area contributed by atoms with Crippen LogP contribution in [0.25, 0.3) is 0 Å². The van der Waals surface area contributed by atoms with Crippen LogP contribution in [0.2, 0.25) is 19.6 Å². The maximum absolute atomic E-state index is 11.2. The molecule has 0 fully saturated rings. The van der Waals surface area contributed by atoms with Crippen molar-refractivity contribution < 1.29 is 14.3 Å². The van der Waals surface area contributed by atoms with Crippen LogP contribution in [0.3, 0.4) is 0 Å². The summed E-state index contributed by atoms with van der Waals surface area (Å²) in [6.07, 6.45) is 4.94. The van der Waals surface area contributed by atoms with Crippen LogP contribution in [0.4, 0.5) is 0 Å². The van der Waals surface area contributed by atoms with Gasteiger partial charge in [-0.25, -0.2) is 0 Å². The van der Waals surface area contributed by atoms with E-state index in [1.807, 2.05) is 6.92 Å². The topological polar surface area (TPSA) is 59.2 Å². The summed E-state index contributed by atoms with van der Waals surface area (Å²) in [7, 11) is -0.0502. The van der Waals surface area contributed by atoms with Crippen LogP contribution in [-0.4, -0.2) is 32.4 Å². The summed E-state index contributed by atoms with van der Waals surface area (Å²) >= 11 is 0. The summed E-state index contributed by atoms with van der Waals surface area (Å²) in [5, 5.41) is 0. The van der Waals surface area contributed by atoms with Crippen molar-refractivity contribution in [1.29, 1.82) is 0 Å². The maximum Gasteiger partial charge on any atom is 0.305 e. The fourth-order valence-corrected chi connectivity index (χ4v) is 2.79. The molecule has 0 radical (unpaired) electrons. The third kappa shape index (κ3) is 6.45. The first-order valence-electron chi connectivity index (χ1n) is 8.05. The van der Waals surface area contributed by atoms with E-state index in [0.717, 1.165) is 48.8 Å². The Labute approximate surface area is 140 Å². The number of aromatic nitrogens is 1. The third-order valence-corrected chi connectivity index (χ3v) is 4.51. The molecule has 23 heavy (non-hydrogen) atoms. The van der Waals surface area contributed by atoms with E-state index in [1.165, 1.54) is 7.11 Å². The smallest absolute Gasteiger partial charge is 0.305 e. The summed E-state index contributed by atoms with van der Waals surface area (Å²) in [6, 6.07) is 0. The second kappa shape index (κ2) is 8.73. The molecule has 0 amide bonds. The molecule has 0 atom stereocenters. The van der Waals surface area contributed by atoms with Crippen LogP contribution in [-0.2, 0) is 16.0 Å². The lowest BCUT2D eigenvalue weighted by molar-refractivity contribution is -0.140. The Kier molecular flexibility index (Phi) is 7.31. The maximum atomic E-state index is 11.2. The Hall–Kier alpha value is -1.80. The zero-order valence-electron chi connectivity index (χ0n) is 14.8. The minimum absolute atomic E-state index is 0.159. The van der Waals surface area contributed by atoms with Gasteiger partial charge < -0.3 is 9.72 Å². The molecule has 0 bridgehead atoms. The lowest BCUT2D eigenvalue weighted by Crippen LogP contribution is -2.16. The Morgan fingerprint density at radius 3 is 2.52 bits per heavy atom. The number of methoxy groups -OCH3 is 1. The molecule has 5 heteroatoms. The van der Waals surface area contributed by atoms with Crippen molar-refractivity contribution in [1.82, 2.24) is 4.98 Å². The molecule has 1 N–H and O–H groups in total. The summed E-state index contributed by atoms with van der Waals surface area (Å²) in [5.74, 6) is 3.08. The quantitative estimate of drug-likeness (QED) is 0.272. The second-order valence-electron chi connectivity index (χ2n) is 6.77. The van der Waals surface area contributed by atoms with Gasteiger partial charge in [-0.2, -0.15) is 0 Å². The average Bonchev–Trinajstić information content (AvgIpc) is 2.79. The number of unbranched alkanes of at least 4 members (excludes halogenated alkanes) is 2. The molecule has 0 spiro atoms. The number of nitrogens with one attached hydrogen (secondary N) is 1. The van der Waals surface area contributed by atoms with Gasteiger partial charge in [0.05, 0.1) is 18.5 Å². The SMILES string of the molecule is COC(=O)CCCCCc1c(C#C[Si](C)(C)C)[nH]c(C=O)c1C. The summed E-state index contributed by atoms with van der Waals surface area (Å²) in [6.45, 7) is 8.55. The van der Waals surface area contributed by atoms with E-state index in [-0.39, 0.29) is 5.97 Å². The number of carbonyl (C=O) groups is 2. The number of carbonyl (C=O) groups excluding carboxylic acids is 2. The number of ether oxygens (including phenoxy) is 1. The lowest BCUT2D eigenvalue weighted by Gasteiger charge is -2.05. The summed E-state index contributed by atoms with van der Waals surface area (Å²) in [5.41, 5.74) is 6.97. The van der Waals surface area contributed by atoms with Gasteiger partial charge in [-0.1, -0.05) is 32.0 Å². The highest BCUT2D eigenvalue weighted by Crippen LogP contribution is 2.20. The number of hydrogen-bond donors (Lipinski definition) is 1. The molecule has 1 aromatic rings. The summed E-state index contributed by atoms with van der Waals surface area (Å²) in [4.78, 5) is 25.4. The fraction of sp³-hybridized carbons (Fsp3) is 0.556. The van der Waals surface area contributed by atoms with Gasteiger partial charge in [0.25, 0.3) is 0 Å². The largest absolute Gasteiger partial charge is 0.469 e. The molecule has 0 aliphatic heterocycles. The Morgan fingerprint density at radius 1 is 1.26 bits per heavy atom. The predicted molar refractivity (Wildman–Crippen MR) is 95.3 cm³/mol. The van der Waals surface area contributed by atoms with Crippen molar-refractivity contribution in [2.75, 3.05) is 7.11 Å². The fourth-order valence-electron chi connectivity index (χ4n) is 2.29. The van der Waals surface area contributed by atoms with Crippen molar-refractivity contribution in [2.24, 2.45) is 0 Å². The van der Waals surface area contributed by atoms with E-state index in [0.29, 0.717) is 12.1 Å². The highest BCUT2D eigenvalue weighted by molar-refractivity contribution is 6.83. The molecule has 126 valence electrons. The Bertz CT molecular complexity index is 615. The highest BCUT2D eigenvalue weighted by atomic mass is 28.3. The molecule has 0 aliphatic carbocycles. The third-order valence-electron chi connectivity index (χ3n) is 3.63. The van der Waals surface area contributed by atoms with E-state index in [9.17, 15) is 9.59 Å². The van der Waals surface area contributed by atoms with Gasteiger partial charge in [-0.15, -0.1) is 5.54 Å².